The molecule has 0 fully saturated rings. The van der Waals surface area contributed by atoms with E-state index in [1.54, 1.807) is 48.5 Å². The van der Waals surface area contributed by atoms with E-state index in [0.717, 1.165) is 0 Å². The van der Waals surface area contributed by atoms with E-state index in [4.69, 9.17) is 44.3 Å². The van der Waals surface area contributed by atoms with Crippen molar-refractivity contribution in [2.45, 2.75) is 0 Å². The topological polar surface area (TPSA) is 77.0 Å². The summed E-state index contributed by atoms with van der Waals surface area (Å²) in [6.45, 7) is 0. The Balaban J connectivity index is 1.69. The SMILES string of the molecule is COc1cc(/C=N\NC(=O)c2ccc(Cl)cc2)ccc1OC(=O)c1ccc(Cl)cc1Cl. The molecule has 6 nitrogen and oxygen atoms in total. The van der Waals surface area contributed by atoms with Crippen molar-refractivity contribution in [1.82, 2.24) is 5.43 Å². The lowest BCUT2D eigenvalue weighted by Gasteiger charge is -2.10. The van der Waals surface area contributed by atoms with E-state index in [0.29, 0.717) is 26.9 Å². The number of hydrazone groups is 1. The molecule has 0 saturated carbocycles. The molecule has 1 amide bonds. The lowest BCUT2D eigenvalue weighted by molar-refractivity contribution is 0.0729. The van der Waals surface area contributed by atoms with Crippen molar-refractivity contribution in [2.24, 2.45) is 5.10 Å². The monoisotopic (exact) mass is 476 g/mol. The summed E-state index contributed by atoms with van der Waals surface area (Å²) in [5.74, 6) is -0.547. The van der Waals surface area contributed by atoms with Gasteiger partial charge in [-0.15, -0.1) is 0 Å². The van der Waals surface area contributed by atoms with Gasteiger partial charge >= 0.3 is 5.97 Å². The Kier molecular flexibility index (Phi) is 7.52. The third kappa shape index (κ3) is 5.98. The van der Waals surface area contributed by atoms with E-state index >= 15 is 0 Å². The summed E-state index contributed by atoms with van der Waals surface area (Å²) in [5.41, 5.74) is 3.62. The van der Waals surface area contributed by atoms with E-state index in [1.807, 2.05) is 0 Å². The van der Waals surface area contributed by atoms with Gasteiger partial charge in [0.15, 0.2) is 11.5 Å². The predicted octanol–water partition coefficient (Wildman–Crippen LogP) is 5.64. The van der Waals surface area contributed by atoms with Crippen molar-refractivity contribution in [3.05, 3.63) is 92.4 Å². The summed E-state index contributed by atoms with van der Waals surface area (Å²) in [5, 5.41) is 5.04. The van der Waals surface area contributed by atoms with Gasteiger partial charge < -0.3 is 9.47 Å². The molecular weight excluding hydrogens is 463 g/mol. The highest BCUT2D eigenvalue weighted by atomic mass is 35.5. The summed E-state index contributed by atoms with van der Waals surface area (Å²) in [6, 6.07) is 15.7. The molecule has 3 rings (SSSR count). The Morgan fingerprint density at radius 1 is 0.903 bits per heavy atom. The Bertz CT molecular complexity index is 1150. The Morgan fingerprint density at radius 2 is 1.61 bits per heavy atom. The van der Waals surface area contributed by atoms with Gasteiger partial charge in [0.25, 0.3) is 5.91 Å². The minimum Gasteiger partial charge on any atom is -0.493 e. The number of halogens is 3. The van der Waals surface area contributed by atoms with Crippen LogP contribution in [0.2, 0.25) is 15.1 Å². The fourth-order valence-electron chi connectivity index (χ4n) is 2.49. The first-order valence-electron chi connectivity index (χ1n) is 8.81. The molecule has 31 heavy (non-hydrogen) atoms. The quantitative estimate of drug-likeness (QED) is 0.216. The van der Waals surface area contributed by atoms with Crippen LogP contribution in [0, 0.1) is 0 Å². The highest BCUT2D eigenvalue weighted by molar-refractivity contribution is 6.36. The summed E-state index contributed by atoms with van der Waals surface area (Å²) < 4.78 is 10.7. The van der Waals surface area contributed by atoms with E-state index < -0.39 is 5.97 Å². The first-order chi connectivity index (χ1) is 14.9. The number of ether oxygens (including phenoxy) is 2. The number of esters is 1. The fraction of sp³-hybridized carbons (Fsp3) is 0.0455. The number of amides is 1. The van der Waals surface area contributed by atoms with Gasteiger partial charge in [0.1, 0.15) is 0 Å². The number of rotatable bonds is 6. The number of carbonyl (C=O) groups excluding carboxylic acids is 2. The van der Waals surface area contributed by atoms with Crippen LogP contribution in [0.15, 0.2) is 65.8 Å². The number of methoxy groups -OCH3 is 1. The molecule has 0 atom stereocenters. The Morgan fingerprint density at radius 3 is 2.29 bits per heavy atom. The van der Waals surface area contributed by atoms with Crippen LogP contribution in [0.4, 0.5) is 0 Å². The summed E-state index contributed by atoms with van der Waals surface area (Å²) in [4.78, 5) is 24.5. The van der Waals surface area contributed by atoms with Crippen LogP contribution in [0.5, 0.6) is 11.5 Å². The van der Waals surface area contributed by atoms with Crippen LogP contribution in [-0.2, 0) is 0 Å². The average molecular weight is 478 g/mol. The molecule has 0 radical (unpaired) electrons. The molecule has 9 heteroatoms. The fourth-order valence-corrected chi connectivity index (χ4v) is 3.10. The van der Waals surface area contributed by atoms with Gasteiger partial charge in [0.05, 0.1) is 23.9 Å². The molecule has 0 aliphatic rings. The number of hydrogen-bond donors (Lipinski definition) is 1. The smallest absolute Gasteiger partial charge is 0.345 e. The lowest BCUT2D eigenvalue weighted by atomic mass is 10.2. The van der Waals surface area contributed by atoms with Crippen molar-refractivity contribution in [2.75, 3.05) is 7.11 Å². The van der Waals surface area contributed by atoms with Gasteiger partial charge in [-0.2, -0.15) is 5.10 Å². The predicted molar refractivity (Wildman–Crippen MR) is 121 cm³/mol. The molecular formula is C22H15Cl3N2O4. The lowest BCUT2D eigenvalue weighted by Crippen LogP contribution is -2.17. The molecule has 158 valence electrons. The first-order valence-corrected chi connectivity index (χ1v) is 9.95. The van der Waals surface area contributed by atoms with Crippen molar-refractivity contribution < 1.29 is 19.1 Å². The van der Waals surface area contributed by atoms with Gasteiger partial charge in [-0.1, -0.05) is 34.8 Å². The van der Waals surface area contributed by atoms with Crippen molar-refractivity contribution in [1.29, 1.82) is 0 Å². The number of nitrogens with zero attached hydrogens (tertiary/aromatic N) is 1. The van der Waals surface area contributed by atoms with Crippen molar-refractivity contribution in [3.8, 4) is 11.5 Å². The van der Waals surface area contributed by atoms with Gasteiger partial charge in [-0.25, -0.2) is 10.2 Å². The van der Waals surface area contributed by atoms with Crippen molar-refractivity contribution in [3.63, 3.8) is 0 Å². The molecule has 0 aromatic heterocycles. The zero-order chi connectivity index (χ0) is 22.4. The van der Waals surface area contributed by atoms with E-state index in [1.165, 1.54) is 25.5 Å². The minimum atomic E-state index is -0.656. The zero-order valence-corrected chi connectivity index (χ0v) is 18.3. The number of nitrogens with one attached hydrogen (secondary N) is 1. The molecule has 0 heterocycles. The maximum Gasteiger partial charge on any atom is 0.345 e. The summed E-state index contributed by atoms with van der Waals surface area (Å²) in [7, 11) is 1.44. The zero-order valence-electron chi connectivity index (χ0n) is 16.1. The molecule has 0 aliphatic carbocycles. The van der Waals surface area contributed by atoms with Crippen LogP contribution in [-0.4, -0.2) is 25.2 Å². The van der Waals surface area contributed by atoms with Gasteiger partial charge in [0, 0.05) is 15.6 Å². The summed E-state index contributed by atoms with van der Waals surface area (Å²) in [6.07, 6.45) is 1.43. The Hall–Kier alpha value is -3.06. The van der Waals surface area contributed by atoms with Crippen LogP contribution in [0.1, 0.15) is 26.3 Å². The maximum absolute atomic E-state index is 12.4. The number of carbonyl (C=O) groups is 2. The van der Waals surface area contributed by atoms with Gasteiger partial charge in [-0.3, -0.25) is 4.79 Å². The Labute approximate surface area is 193 Å². The van der Waals surface area contributed by atoms with Crippen LogP contribution < -0.4 is 14.9 Å². The first kappa shape index (κ1) is 22.6. The second kappa shape index (κ2) is 10.3. The van der Waals surface area contributed by atoms with Crippen molar-refractivity contribution >= 4 is 52.9 Å². The third-order valence-electron chi connectivity index (χ3n) is 4.03. The highest BCUT2D eigenvalue weighted by Crippen LogP contribution is 2.30. The highest BCUT2D eigenvalue weighted by Gasteiger charge is 2.16. The molecule has 3 aromatic rings. The van der Waals surface area contributed by atoms with Crippen LogP contribution in [0.3, 0.4) is 0 Å². The standard InChI is InChI=1S/C22H15Cl3N2O4/c1-30-20-10-13(12-26-27-21(28)14-3-5-15(23)6-4-14)2-9-19(20)31-22(29)17-8-7-16(24)11-18(17)25/h2-12H,1H3,(H,27,28)/b26-12-. The van der Waals surface area contributed by atoms with Gasteiger partial charge in [0.2, 0.25) is 0 Å². The average Bonchev–Trinajstić information content (AvgIpc) is 2.75. The molecule has 0 spiro atoms. The molecule has 0 unspecified atom stereocenters. The number of hydrogen-bond acceptors (Lipinski definition) is 5. The second-order valence-corrected chi connectivity index (χ2v) is 7.41. The van der Waals surface area contributed by atoms with Crippen LogP contribution >= 0.6 is 34.8 Å². The molecule has 0 bridgehead atoms. The van der Waals surface area contributed by atoms with E-state index in [2.05, 4.69) is 10.5 Å². The van der Waals surface area contributed by atoms with Gasteiger partial charge in [-0.05, 0) is 66.2 Å². The maximum atomic E-state index is 12.4. The second-order valence-electron chi connectivity index (χ2n) is 6.13. The van der Waals surface area contributed by atoms with Crippen LogP contribution in [0.25, 0.3) is 0 Å². The normalized spacial score (nSPS) is 10.7. The number of benzene rings is 3. The molecule has 1 N–H and O–H groups in total. The van der Waals surface area contributed by atoms with E-state index in [-0.39, 0.29) is 22.2 Å². The minimum absolute atomic E-state index is 0.170. The summed E-state index contributed by atoms with van der Waals surface area (Å²) >= 11 is 17.7. The molecule has 0 saturated heterocycles. The third-order valence-corrected chi connectivity index (χ3v) is 4.83. The molecule has 0 aliphatic heterocycles. The molecule has 3 aromatic carbocycles. The largest absolute Gasteiger partial charge is 0.493 e. The van der Waals surface area contributed by atoms with E-state index in [9.17, 15) is 9.59 Å².